The standard InChI is InChI=1S/C23H29ClN2O4/c1-16(2)26(17(3)4)23(27)15-30-25-13-19-8-11-21(22(12-19)28-5)29-14-18-6-9-20(24)10-7-18/h6-13,16-17H,14-15H2,1-5H3/b25-13-. The van der Waals surface area contributed by atoms with Gasteiger partial charge in [-0.05, 0) is 63.6 Å². The summed E-state index contributed by atoms with van der Waals surface area (Å²) in [6.07, 6.45) is 1.54. The van der Waals surface area contributed by atoms with E-state index in [2.05, 4.69) is 5.16 Å². The van der Waals surface area contributed by atoms with Crippen molar-refractivity contribution in [3.8, 4) is 11.5 Å². The lowest BCUT2D eigenvalue weighted by Crippen LogP contribution is -2.43. The van der Waals surface area contributed by atoms with Crippen molar-refractivity contribution in [1.29, 1.82) is 0 Å². The summed E-state index contributed by atoms with van der Waals surface area (Å²) < 4.78 is 11.3. The van der Waals surface area contributed by atoms with Crippen LogP contribution < -0.4 is 9.47 Å². The molecule has 0 heterocycles. The van der Waals surface area contributed by atoms with Gasteiger partial charge in [-0.25, -0.2) is 0 Å². The van der Waals surface area contributed by atoms with Gasteiger partial charge in [0.25, 0.3) is 5.91 Å². The molecule has 2 rings (SSSR count). The quantitative estimate of drug-likeness (QED) is 0.394. The fraction of sp³-hybridized carbons (Fsp3) is 0.391. The molecule has 0 unspecified atom stereocenters. The minimum atomic E-state index is -0.105. The topological polar surface area (TPSA) is 60.4 Å². The molecular formula is C23H29ClN2O4. The van der Waals surface area contributed by atoms with Crippen molar-refractivity contribution in [1.82, 2.24) is 4.90 Å². The highest BCUT2D eigenvalue weighted by atomic mass is 35.5. The lowest BCUT2D eigenvalue weighted by atomic mass is 10.2. The zero-order valence-electron chi connectivity index (χ0n) is 18.1. The predicted molar refractivity (Wildman–Crippen MR) is 119 cm³/mol. The number of carbonyl (C=O) groups is 1. The molecule has 0 bridgehead atoms. The molecule has 0 saturated carbocycles. The second kappa shape index (κ2) is 11.5. The number of amides is 1. The summed E-state index contributed by atoms with van der Waals surface area (Å²) in [5, 5.41) is 4.59. The first-order chi connectivity index (χ1) is 14.3. The first-order valence-corrected chi connectivity index (χ1v) is 10.2. The molecule has 6 nitrogen and oxygen atoms in total. The molecular weight excluding hydrogens is 404 g/mol. The van der Waals surface area contributed by atoms with Gasteiger partial charge in [0.15, 0.2) is 18.1 Å². The number of carbonyl (C=O) groups excluding carboxylic acids is 1. The maximum atomic E-state index is 12.3. The van der Waals surface area contributed by atoms with Crippen molar-refractivity contribution in [2.24, 2.45) is 5.16 Å². The van der Waals surface area contributed by atoms with E-state index >= 15 is 0 Å². The molecule has 2 aromatic carbocycles. The first kappa shape index (κ1) is 23.5. The predicted octanol–water partition coefficient (Wildman–Crippen LogP) is 4.92. The van der Waals surface area contributed by atoms with Crippen LogP contribution in [0.5, 0.6) is 11.5 Å². The van der Waals surface area contributed by atoms with Crippen LogP contribution in [0.2, 0.25) is 5.02 Å². The number of methoxy groups -OCH3 is 1. The summed E-state index contributed by atoms with van der Waals surface area (Å²) in [5.74, 6) is 1.10. The Morgan fingerprint density at radius 1 is 1.07 bits per heavy atom. The van der Waals surface area contributed by atoms with Gasteiger partial charge in [-0.2, -0.15) is 0 Å². The van der Waals surface area contributed by atoms with Crippen LogP contribution in [0.15, 0.2) is 47.6 Å². The third-order valence-electron chi connectivity index (χ3n) is 4.36. The normalized spacial score (nSPS) is 11.2. The minimum absolute atomic E-state index is 0.0966. The van der Waals surface area contributed by atoms with E-state index in [9.17, 15) is 4.79 Å². The number of halogens is 1. The van der Waals surface area contributed by atoms with Crippen molar-refractivity contribution in [3.05, 3.63) is 58.6 Å². The zero-order valence-corrected chi connectivity index (χ0v) is 18.8. The molecule has 0 aliphatic heterocycles. The maximum Gasteiger partial charge on any atom is 0.263 e. The lowest BCUT2D eigenvalue weighted by Gasteiger charge is -2.30. The average Bonchev–Trinajstić information content (AvgIpc) is 2.70. The Bertz CT molecular complexity index is 843. The van der Waals surface area contributed by atoms with Gasteiger partial charge in [0.1, 0.15) is 6.61 Å². The summed E-state index contributed by atoms with van der Waals surface area (Å²) >= 11 is 5.90. The van der Waals surface area contributed by atoms with Crippen molar-refractivity contribution in [2.75, 3.05) is 13.7 Å². The molecule has 0 aromatic heterocycles. The Labute approximate surface area is 183 Å². The second-order valence-corrected chi connectivity index (χ2v) is 7.76. The molecule has 0 saturated heterocycles. The molecule has 0 fully saturated rings. The van der Waals surface area contributed by atoms with Crippen LogP contribution in [0.25, 0.3) is 0 Å². The number of benzene rings is 2. The van der Waals surface area contributed by atoms with Gasteiger partial charge in [0, 0.05) is 22.7 Å². The largest absolute Gasteiger partial charge is 0.493 e. The Hall–Kier alpha value is -2.73. The van der Waals surface area contributed by atoms with Crippen molar-refractivity contribution in [2.45, 2.75) is 46.4 Å². The SMILES string of the molecule is COc1cc(/C=N\OCC(=O)N(C(C)C)C(C)C)ccc1OCc1ccc(Cl)cc1. The smallest absolute Gasteiger partial charge is 0.263 e. The lowest BCUT2D eigenvalue weighted by molar-refractivity contribution is -0.139. The molecule has 0 atom stereocenters. The van der Waals surface area contributed by atoms with E-state index in [1.54, 1.807) is 24.1 Å². The van der Waals surface area contributed by atoms with Gasteiger partial charge in [0.2, 0.25) is 0 Å². The fourth-order valence-corrected chi connectivity index (χ4v) is 3.19. The Morgan fingerprint density at radius 3 is 2.33 bits per heavy atom. The molecule has 2 aromatic rings. The van der Waals surface area contributed by atoms with Crippen LogP contribution in [0, 0.1) is 0 Å². The molecule has 0 aliphatic carbocycles. The highest BCUT2D eigenvalue weighted by Gasteiger charge is 2.20. The van der Waals surface area contributed by atoms with Gasteiger partial charge in [-0.15, -0.1) is 0 Å². The van der Waals surface area contributed by atoms with E-state index in [0.717, 1.165) is 11.1 Å². The number of rotatable bonds is 10. The third-order valence-corrected chi connectivity index (χ3v) is 4.61. The molecule has 1 amide bonds. The van der Waals surface area contributed by atoms with Gasteiger partial charge in [-0.3, -0.25) is 4.79 Å². The maximum absolute atomic E-state index is 12.3. The second-order valence-electron chi connectivity index (χ2n) is 7.32. The number of oxime groups is 1. The van der Waals surface area contributed by atoms with Crippen LogP contribution in [0.3, 0.4) is 0 Å². The molecule has 30 heavy (non-hydrogen) atoms. The van der Waals surface area contributed by atoms with E-state index in [0.29, 0.717) is 23.1 Å². The number of hydrogen-bond acceptors (Lipinski definition) is 5. The first-order valence-electron chi connectivity index (χ1n) is 9.83. The van der Waals surface area contributed by atoms with Crippen molar-refractivity contribution < 1.29 is 19.1 Å². The molecule has 7 heteroatoms. The minimum Gasteiger partial charge on any atom is -0.493 e. The van der Waals surface area contributed by atoms with E-state index < -0.39 is 0 Å². The number of ether oxygens (including phenoxy) is 2. The van der Waals surface area contributed by atoms with Crippen molar-refractivity contribution in [3.63, 3.8) is 0 Å². The molecule has 0 N–H and O–H groups in total. The Balaban J connectivity index is 1.93. The summed E-state index contributed by atoms with van der Waals surface area (Å²) in [6, 6.07) is 13.1. The van der Waals surface area contributed by atoms with Crippen LogP contribution >= 0.6 is 11.6 Å². The highest BCUT2D eigenvalue weighted by Crippen LogP contribution is 2.28. The van der Waals surface area contributed by atoms with Crippen LogP contribution in [0.4, 0.5) is 0 Å². The van der Waals surface area contributed by atoms with E-state index in [-0.39, 0.29) is 24.6 Å². The van der Waals surface area contributed by atoms with Crippen LogP contribution in [-0.2, 0) is 16.2 Å². The Morgan fingerprint density at radius 2 is 1.73 bits per heavy atom. The summed E-state index contributed by atoms with van der Waals surface area (Å²) in [4.78, 5) is 19.2. The molecule has 162 valence electrons. The summed E-state index contributed by atoms with van der Waals surface area (Å²) in [5.41, 5.74) is 1.77. The van der Waals surface area contributed by atoms with Gasteiger partial charge >= 0.3 is 0 Å². The van der Waals surface area contributed by atoms with E-state index in [1.165, 1.54) is 6.21 Å². The third kappa shape index (κ3) is 6.95. The molecule has 0 aliphatic rings. The van der Waals surface area contributed by atoms with E-state index in [1.807, 2.05) is 58.0 Å². The van der Waals surface area contributed by atoms with Gasteiger partial charge in [0.05, 0.1) is 13.3 Å². The van der Waals surface area contributed by atoms with Crippen molar-refractivity contribution >= 4 is 23.7 Å². The molecule has 0 spiro atoms. The monoisotopic (exact) mass is 432 g/mol. The van der Waals surface area contributed by atoms with Gasteiger partial charge in [-0.1, -0.05) is 28.9 Å². The summed E-state index contributed by atoms with van der Waals surface area (Å²) in [6.45, 7) is 8.20. The Kier molecular flexibility index (Phi) is 8.99. The number of nitrogens with zero attached hydrogens (tertiary/aromatic N) is 2. The zero-order chi connectivity index (χ0) is 22.1. The average molecular weight is 433 g/mol. The highest BCUT2D eigenvalue weighted by molar-refractivity contribution is 6.30. The van der Waals surface area contributed by atoms with E-state index in [4.69, 9.17) is 25.9 Å². The summed E-state index contributed by atoms with van der Waals surface area (Å²) in [7, 11) is 1.58. The number of hydrogen-bond donors (Lipinski definition) is 0. The van der Waals surface area contributed by atoms with Gasteiger partial charge < -0.3 is 19.2 Å². The molecule has 0 radical (unpaired) electrons. The fourth-order valence-electron chi connectivity index (χ4n) is 3.06. The van der Waals surface area contributed by atoms with Crippen LogP contribution in [-0.4, -0.2) is 42.8 Å². The van der Waals surface area contributed by atoms with Crippen LogP contribution in [0.1, 0.15) is 38.8 Å².